The Morgan fingerprint density at radius 1 is 1.05 bits per heavy atom. The van der Waals surface area contributed by atoms with Crippen LogP contribution in [-0.4, -0.2) is 36.7 Å². The normalized spacial score (nSPS) is 11.9. The Morgan fingerprint density at radius 2 is 1.80 bits per heavy atom. The van der Waals surface area contributed by atoms with Gasteiger partial charge in [-0.2, -0.15) is 0 Å². The summed E-state index contributed by atoms with van der Waals surface area (Å²) in [7, 11) is 1.90. The first-order chi connectivity index (χ1) is 19.1. The molecule has 0 radical (unpaired) electrons. The number of nitrogens with zero attached hydrogens (tertiary/aromatic N) is 1. The minimum atomic E-state index is -0.689. The topological polar surface area (TPSA) is 72.5 Å². The fourth-order valence-electron chi connectivity index (χ4n) is 4.10. The molecule has 1 heterocycles. The molecular weight excluding hydrogens is 512 g/mol. The van der Waals surface area contributed by atoms with Crippen molar-refractivity contribution in [2.75, 3.05) is 20.2 Å². The quantitative estimate of drug-likeness (QED) is 0.224. The standard InChI is InChI=1S/C32H39F2N3O3/c1-22-28(31(38)37-20-23-16-25(33)18-26(34)17-23)11-9-12-30(22)40-27-13-14-36-29(19-27)24(21-35-5)10-7-6-8-15-39-32(2,3)4/h9-14,16-19,35H,6-8,15,20-21H2,1-5H3,(H,37,38)/b24-10+. The van der Waals surface area contributed by atoms with E-state index in [0.29, 0.717) is 34.7 Å². The monoisotopic (exact) mass is 551 g/mol. The van der Waals surface area contributed by atoms with Crippen LogP contribution in [0.1, 0.15) is 67.2 Å². The molecular formula is C32H39F2N3O3. The highest BCUT2D eigenvalue weighted by Crippen LogP contribution is 2.28. The first kappa shape index (κ1) is 30.9. The minimum Gasteiger partial charge on any atom is -0.457 e. The molecule has 0 bridgehead atoms. The number of halogens is 2. The zero-order valence-corrected chi connectivity index (χ0v) is 23.9. The summed E-state index contributed by atoms with van der Waals surface area (Å²) in [4.78, 5) is 17.4. The summed E-state index contributed by atoms with van der Waals surface area (Å²) in [6.45, 7) is 9.37. The van der Waals surface area contributed by atoms with E-state index in [1.165, 1.54) is 12.1 Å². The van der Waals surface area contributed by atoms with Gasteiger partial charge in [0, 0.05) is 49.2 Å². The SMILES string of the molecule is CNC/C(=C\CCCCOC(C)(C)C)c1cc(Oc2cccc(C(=O)NCc3cc(F)cc(F)c3)c2C)ccn1. The lowest BCUT2D eigenvalue weighted by Crippen LogP contribution is -2.23. The van der Waals surface area contributed by atoms with Gasteiger partial charge in [0.2, 0.25) is 0 Å². The maximum absolute atomic E-state index is 13.5. The van der Waals surface area contributed by atoms with Crippen LogP contribution in [0.3, 0.4) is 0 Å². The van der Waals surface area contributed by atoms with Gasteiger partial charge < -0.3 is 20.1 Å². The van der Waals surface area contributed by atoms with E-state index in [-0.39, 0.29) is 18.1 Å². The number of benzene rings is 2. The van der Waals surface area contributed by atoms with Gasteiger partial charge in [-0.15, -0.1) is 0 Å². The lowest BCUT2D eigenvalue weighted by Gasteiger charge is -2.19. The summed E-state index contributed by atoms with van der Waals surface area (Å²) in [5.74, 6) is -0.617. The van der Waals surface area contributed by atoms with E-state index < -0.39 is 11.6 Å². The van der Waals surface area contributed by atoms with Gasteiger partial charge in [0.1, 0.15) is 23.1 Å². The average molecular weight is 552 g/mol. The van der Waals surface area contributed by atoms with Gasteiger partial charge in [-0.1, -0.05) is 12.1 Å². The molecule has 1 amide bonds. The fraction of sp³-hybridized carbons (Fsp3) is 0.375. The summed E-state index contributed by atoms with van der Waals surface area (Å²) >= 11 is 0. The molecule has 3 rings (SSSR count). The van der Waals surface area contributed by atoms with E-state index in [2.05, 4.69) is 42.5 Å². The van der Waals surface area contributed by atoms with E-state index in [0.717, 1.165) is 43.2 Å². The second kappa shape index (κ2) is 14.7. The largest absolute Gasteiger partial charge is 0.457 e. The zero-order valence-electron chi connectivity index (χ0n) is 23.9. The molecule has 2 N–H and O–H groups in total. The third kappa shape index (κ3) is 9.84. The van der Waals surface area contributed by atoms with Crippen LogP contribution in [0.2, 0.25) is 0 Å². The van der Waals surface area contributed by atoms with Crippen molar-refractivity contribution in [3.05, 3.63) is 94.8 Å². The molecule has 1 aromatic heterocycles. The minimum absolute atomic E-state index is 0.00403. The number of hydrogen-bond acceptors (Lipinski definition) is 5. The van der Waals surface area contributed by atoms with Crippen LogP contribution < -0.4 is 15.4 Å². The molecule has 0 saturated carbocycles. The van der Waals surface area contributed by atoms with Crippen LogP contribution in [0, 0.1) is 18.6 Å². The number of ether oxygens (including phenoxy) is 2. The van der Waals surface area contributed by atoms with Gasteiger partial charge in [0.15, 0.2) is 0 Å². The number of carbonyl (C=O) groups is 1. The molecule has 0 aliphatic heterocycles. The molecule has 214 valence electrons. The molecule has 0 aliphatic rings. The van der Waals surface area contributed by atoms with Gasteiger partial charge in [0.25, 0.3) is 5.91 Å². The van der Waals surface area contributed by atoms with Gasteiger partial charge in [-0.05, 0) is 95.5 Å². The summed E-state index contributed by atoms with van der Waals surface area (Å²) in [6, 6.07) is 12.0. The number of hydrogen-bond donors (Lipinski definition) is 2. The van der Waals surface area contributed by atoms with E-state index in [1.54, 1.807) is 37.4 Å². The number of pyridine rings is 1. The van der Waals surface area contributed by atoms with Crippen LogP contribution >= 0.6 is 0 Å². The highest BCUT2D eigenvalue weighted by molar-refractivity contribution is 5.96. The number of aromatic nitrogens is 1. The van der Waals surface area contributed by atoms with Crippen LogP contribution in [0.5, 0.6) is 11.5 Å². The van der Waals surface area contributed by atoms with Crippen molar-refractivity contribution in [1.82, 2.24) is 15.6 Å². The predicted octanol–water partition coefficient (Wildman–Crippen LogP) is 6.98. The molecule has 0 fully saturated rings. The van der Waals surface area contributed by atoms with Crippen LogP contribution in [0.4, 0.5) is 8.78 Å². The van der Waals surface area contributed by atoms with E-state index in [4.69, 9.17) is 9.47 Å². The number of allylic oxidation sites excluding steroid dienone is 1. The smallest absolute Gasteiger partial charge is 0.251 e. The Hall–Kier alpha value is -3.62. The van der Waals surface area contributed by atoms with Crippen molar-refractivity contribution in [3.8, 4) is 11.5 Å². The van der Waals surface area contributed by atoms with Gasteiger partial charge in [-0.3, -0.25) is 9.78 Å². The summed E-state index contributed by atoms with van der Waals surface area (Å²) in [6.07, 6.45) is 6.81. The molecule has 8 heteroatoms. The molecule has 0 saturated heterocycles. The number of amides is 1. The Balaban J connectivity index is 1.67. The fourth-order valence-corrected chi connectivity index (χ4v) is 4.10. The molecule has 0 aliphatic carbocycles. The Labute approximate surface area is 235 Å². The van der Waals surface area contributed by atoms with E-state index in [9.17, 15) is 13.6 Å². The van der Waals surface area contributed by atoms with Crippen molar-refractivity contribution in [3.63, 3.8) is 0 Å². The third-order valence-corrected chi connectivity index (χ3v) is 6.08. The van der Waals surface area contributed by atoms with Gasteiger partial charge in [-0.25, -0.2) is 8.78 Å². The summed E-state index contributed by atoms with van der Waals surface area (Å²) < 4.78 is 38.9. The number of nitrogens with one attached hydrogen (secondary N) is 2. The van der Waals surface area contributed by atoms with Crippen molar-refractivity contribution in [2.45, 2.75) is 59.1 Å². The van der Waals surface area contributed by atoms with Crippen LogP contribution in [0.15, 0.2) is 60.8 Å². The molecule has 2 aromatic carbocycles. The highest BCUT2D eigenvalue weighted by Gasteiger charge is 2.14. The lowest BCUT2D eigenvalue weighted by molar-refractivity contribution is -0.00447. The van der Waals surface area contributed by atoms with E-state index in [1.807, 2.05) is 13.1 Å². The van der Waals surface area contributed by atoms with Crippen molar-refractivity contribution < 1.29 is 23.0 Å². The van der Waals surface area contributed by atoms with Gasteiger partial charge in [0.05, 0.1) is 11.3 Å². The summed E-state index contributed by atoms with van der Waals surface area (Å²) in [5, 5.41) is 5.93. The van der Waals surface area contributed by atoms with Crippen molar-refractivity contribution >= 4 is 11.5 Å². The highest BCUT2D eigenvalue weighted by atomic mass is 19.1. The van der Waals surface area contributed by atoms with Crippen molar-refractivity contribution in [2.24, 2.45) is 0 Å². The zero-order chi connectivity index (χ0) is 29.1. The Morgan fingerprint density at radius 3 is 2.50 bits per heavy atom. The number of rotatable bonds is 13. The Bertz CT molecular complexity index is 1300. The maximum atomic E-state index is 13.5. The second-order valence-corrected chi connectivity index (χ2v) is 10.6. The van der Waals surface area contributed by atoms with Crippen molar-refractivity contribution in [1.29, 1.82) is 0 Å². The average Bonchev–Trinajstić information content (AvgIpc) is 2.89. The summed E-state index contributed by atoms with van der Waals surface area (Å²) in [5.41, 5.74) is 3.16. The van der Waals surface area contributed by atoms with Gasteiger partial charge >= 0.3 is 0 Å². The molecule has 0 atom stereocenters. The molecule has 6 nitrogen and oxygen atoms in total. The molecule has 0 unspecified atom stereocenters. The first-order valence-electron chi connectivity index (χ1n) is 13.5. The number of carbonyl (C=O) groups excluding carboxylic acids is 1. The van der Waals surface area contributed by atoms with E-state index >= 15 is 0 Å². The van der Waals surface area contributed by atoms with Crippen LogP contribution in [-0.2, 0) is 11.3 Å². The maximum Gasteiger partial charge on any atom is 0.251 e. The molecule has 3 aromatic rings. The molecule has 40 heavy (non-hydrogen) atoms. The first-order valence-corrected chi connectivity index (χ1v) is 13.5. The Kier molecular flexibility index (Phi) is 11.3. The number of unbranched alkanes of at least 4 members (excludes halogenated alkanes) is 2. The second-order valence-electron chi connectivity index (χ2n) is 10.6. The third-order valence-electron chi connectivity index (χ3n) is 6.08. The molecule has 0 spiro atoms. The number of likely N-dealkylation sites (N-methyl/N-ethyl adjacent to an activating group) is 1. The predicted molar refractivity (Wildman–Crippen MR) is 154 cm³/mol. The van der Waals surface area contributed by atoms with Crippen LogP contribution in [0.25, 0.3) is 5.57 Å². The lowest BCUT2D eigenvalue weighted by atomic mass is 10.1.